The largest absolute Gasteiger partial charge is 0.497 e. The third-order valence-corrected chi connectivity index (χ3v) is 8.72. The van der Waals surface area contributed by atoms with Gasteiger partial charge in [0.15, 0.2) is 5.69 Å². The molecule has 9 nitrogen and oxygen atoms in total. The molecule has 3 amide bonds. The lowest BCUT2D eigenvalue weighted by atomic mass is 9.84. The van der Waals surface area contributed by atoms with Crippen molar-refractivity contribution in [3.8, 4) is 5.75 Å². The lowest BCUT2D eigenvalue weighted by molar-refractivity contribution is -0.122. The van der Waals surface area contributed by atoms with Gasteiger partial charge >= 0.3 is 0 Å². The first-order valence-electron chi connectivity index (χ1n) is 14.3. The molecule has 0 aliphatic heterocycles. The van der Waals surface area contributed by atoms with Gasteiger partial charge in [-0.25, -0.2) is 0 Å². The number of carbonyl (C=O) groups is 3. The number of carbonyl (C=O) groups excluding carboxylic acids is 3. The van der Waals surface area contributed by atoms with Crippen LogP contribution < -0.4 is 26.4 Å². The van der Waals surface area contributed by atoms with Crippen molar-refractivity contribution >= 4 is 40.6 Å². The molecule has 1 atom stereocenters. The van der Waals surface area contributed by atoms with Crippen molar-refractivity contribution in [2.75, 3.05) is 17.7 Å². The number of nitrogens with two attached hydrogens (primary N) is 2. The van der Waals surface area contributed by atoms with Gasteiger partial charge in [0.05, 0.1) is 12.8 Å². The molecule has 0 spiro atoms. The summed E-state index contributed by atoms with van der Waals surface area (Å²) in [5.74, 6) is -0.711. The summed E-state index contributed by atoms with van der Waals surface area (Å²) in [6, 6.07) is 23.3. The van der Waals surface area contributed by atoms with Crippen LogP contribution in [0.3, 0.4) is 0 Å². The molecule has 43 heavy (non-hydrogen) atoms. The van der Waals surface area contributed by atoms with Crippen LogP contribution in [0.1, 0.15) is 80.9 Å². The fourth-order valence-electron chi connectivity index (χ4n) is 5.55. The number of ether oxygens (including phenoxy) is 1. The standard InChI is InChI=1S/C33H35N5O4S/c1-42-26-18-14-24(15-19-26)29(32(40)36-20-21-8-4-2-5-9-21)38(33(41)30-27(34)28(31(35)39)37-43-30)25-16-12-23(13-17-25)22-10-6-3-7-11-22/h2,4-5,8-9,12-19,22,29H,3,6-7,10-11,20,34H2,1H3,(H2,35,39)(H,36,40). The molecule has 4 aromatic rings. The number of benzene rings is 3. The maximum atomic E-state index is 14.4. The van der Waals surface area contributed by atoms with Crippen LogP contribution in [0.25, 0.3) is 0 Å². The van der Waals surface area contributed by atoms with E-state index < -0.39 is 23.8 Å². The number of anilines is 2. The van der Waals surface area contributed by atoms with Crippen molar-refractivity contribution in [2.24, 2.45) is 5.73 Å². The highest BCUT2D eigenvalue weighted by Gasteiger charge is 2.36. The predicted octanol–water partition coefficient (Wildman–Crippen LogP) is 5.59. The minimum atomic E-state index is -1.08. The zero-order valence-electron chi connectivity index (χ0n) is 24.0. The minimum Gasteiger partial charge on any atom is -0.497 e. The van der Waals surface area contributed by atoms with Gasteiger partial charge in [0.2, 0.25) is 5.91 Å². The Labute approximate surface area is 255 Å². The summed E-state index contributed by atoms with van der Waals surface area (Å²) in [6.07, 6.45) is 5.91. The summed E-state index contributed by atoms with van der Waals surface area (Å²) in [5, 5.41) is 3.00. The topological polar surface area (TPSA) is 141 Å². The number of amides is 3. The van der Waals surface area contributed by atoms with E-state index in [4.69, 9.17) is 16.2 Å². The van der Waals surface area contributed by atoms with E-state index in [1.165, 1.54) is 29.7 Å². The SMILES string of the molecule is COc1ccc(C(C(=O)NCc2ccccc2)N(C(=O)c2snc(C(N)=O)c2N)c2ccc(C3CCCCC3)cc2)cc1. The number of nitrogen functional groups attached to an aromatic ring is 1. The molecule has 1 aromatic heterocycles. The van der Waals surface area contributed by atoms with E-state index in [0.717, 1.165) is 29.9 Å². The number of hydrogen-bond acceptors (Lipinski definition) is 7. The van der Waals surface area contributed by atoms with Crippen molar-refractivity contribution in [1.82, 2.24) is 9.69 Å². The molecule has 1 aliphatic rings. The van der Waals surface area contributed by atoms with E-state index in [1.807, 2.05) is 54.6 Å². The summed E-state index contributed by atoms with van der Waals surface area (Å²) >= 11 is 0.783. The molecule has 0 bridgehead atoms. The first-order chi connectivity index (χ1) is 20.9. The zero-order chi connectivity index (χ0) is 30.3. The van der Waals surface area contributed by atoms with Crippen LogP contribution in [0.15, 0.2) is 78.9 Å². The maximum absolute atomic E-state index is 14.4. The molecule has 1 fully saturated rings. The molecule has 5 N–H and O–H groups in total. The van der Waals surface area contributed by atoms with Crippen LogP contribution in [0, 0.1) is 0 Å². The smallest absolute Gasteiger partial charge is 0.273 e. The minimum absolute atomic E-state index is 0.0273. The normalized spacial score (nSPS) is 14.1. The Bertz CT molecular complexity index is 1570. The van der Waals surface area contributed by atoms with Gasteiger partial charge in [0.1, 0.15) is 16.7 Å². The highest BCUT2D eigenvalue weighted by atomic mass is 32.1. The molecule has 3 aromatic carbocycles. The molecule has 1 aliphatic carbocycles. The molecular formula is C33H35N5O4S. The highest BCUT2D eigenvalue weighted by Crippen LogP contribution is 2.37. The molecular weight excluding hydrogens is 562 g/mol. The third kappa shape index (κ3) is 6.70. The van der Waals surface area contributed by atoms with E-state index in [1.54, 1.807) is 31.4 Å². The molecule has 1 heterocycles. The summed E-state index contributed by atoms with van der Waals surface area (Å²) in [5.41, 5.74) is 14.6. The van der Waals surface area contributed by atoms with E-state index in [9.17, 15) is 14.4 Å². The van der Waals surface area contributed by atoms with E-state index in [2.05, 4.69) is 9.69 Å². The molecule has 1 unspecified atom stereocenters. The van der Waals surface area contributed by atoms with E-state index in [-0.39, 0.29) is 22.8 Å². The average Bonchev–Trinajstić information content (AvgIpc) is 3.44. The molecule has 1 saturated carbocycles. The summed E-state index contributed by atoms with van der Waals surface area (Å²) in [7, 11) is 1.56. The summed E-state index contributed by atoms with van der Waals surface area (Å²) < 4.78 is 9.38. The van der Waals surface area contributed by atoms with Crippen LogP contribution in [0.5, 0.6) is 5.75 Å². The van der Waals surface area contributed by atoms with Gasteiger partial charge in [-0.15, -0.1) is 0 Å². The van der Waals surface area contributed by atoms with Gasteiger partial charge in [0, 0.05) is 12.2 Å². The zero-order valence-corrected chi connectivity index (χ0v) is 24.8. The highest BCUT2D eigenvalue weighted by molar-refractivity contribution is 7.09. The lowest BCUT2D eigenvalue weighted by Crippen LogP contribution is -2.44. The molecule has 0 radical (unpaired) electrons. The van der Waals surface area contributed by atoms with Gasteiger partial charge in [-0.1, -0.05) is 73.9 Å². The Hall–Kier alpha value is -4.70. The van der Waals surface area contributed by atoms with Crippen LogP contribution in [-0.2, 0) is 11.3 Å². The number of primary amides is 1. The number of nitrogens with one attached hydrogen (secondary N) is 1. The number of hydrogen-bond donors (Lipinski definition) is 3. The first kappa shape index (κ1) is 29.8. The Balaban J connectivity index is 1.59. The fraction of sp³-hybridized carbons (Fsp3) is 0.273. The Morgan fingerprint density at radius 3 is 2.26 bits per heavy atom. The van der Waals surface area contributed by atoms with Crippen molar-refractivity contribution in [3.05, 3.63) is 106 Å². The van der Waals surface area contributed by atoms with Gasteiger partial charge in [-0.05, 0) is 71.2 Å². The Morgan fingerprint density at radius 1 is 0.977 bits per heavy atom. The molecule has 0 saturated heterocycles. The van der Waals surface area contributed by atoms with Crippen molar-refractivity contribution in [1.29, 1.82) is 0 Å². The molecule has 222 valence electrons. The number of rotatable bonds is 10. The van der Waals surface area contributed by atoms with E-state index in [0.29, 0.717) is 22.9 Å². The van der Waals surface area contributed by atoms with Crippen LogP contribution in [0.2, 0.25) is 0 Å². The second-order valence-electron chi connectivity index (χ2n) is 10.6. The van der Waals surface area contributed by atoms with Gasteiger partial charge in [-0.2, -0.15) is 4.37 Å². The van der Waals surface area contributed by atoms with Crippen molar-refractivity contribution in [3.63, 3.8) is 0 Å². The Kier molecular flexibility index (Phi) is 9.36. The fourth-order valence-corrected chi connectivity index (χ4v) is 6.29. The number of aromatic nitrogens is 1. The quantitative estimate of drug-likeness (QED) is 0.218. The second kappa shape index (κ2) is 13.5. The monoisotopic (exact) mass is 597 g/mol. The first-order valence-corrected chi connectivity index (χ1v) is 15.1. The Morgan fingerprint density at radius 2 is 1.65 bits per heavy atom. The van der Waals surface area contributed by atoms with Gasteiger partial charge in [0.25, 0.3) is 11.8 Å². The van der Waals surface area contributed by atoms with Crippen LogP contribution >= 0.6 is 11.5 Å². The summed E-state index contributed by atoms with van der Waals surface area (Å²) in [6.45, 7) is 0.267. The third-order valence-electron chi connectivity index (χ3n) is 7.87. The lowest BCUT2D eigenvalue weighted by Gasteiger charge is -2.32. The number of methoxy groups -OCH3 is 1. The molecule has 10 heteroatoms. The van der Waals surface area contributed by atoms with Crippen molar-refractivity contribution < 1.29 is 19.1 Å². The maximum Gasteiger partial charge on any atom is 0.273 e. The van der Waals surface area contributed by atoms with Gasteiger partial charge in [-0.3, -0.25) is 19.3 Å². The molecule has 5 rings (SSSR count). The van der Waals surface area contributed by atoms with Crippen LogP contribution in [0.4, 0.5) is 11.4 Å². The second-order valence-corrected chi connectivity index (χ2v) is 11.4. The van der Waals surface area contributed by atoms with Crippen LogP contribution in [-0.4, -0.2) is 29.2 Å². The summed E-state index contributed by atoms with van der Waals surface area (Å²) in [4.78, 5) is 41.8. The van der Waals surface area contributed by atoms with Crippen molar-refractivity contribution in [2.45, 2.75) is 50.6 Å². The van der Waals surface area contributed by atoms with Gasteiger partial charge < -0.3 is 21.5 Å². The number of nitrogens with zero attached hydrogens (tertiary/aromatic N) is 2. The predicted molar refractivity (Wildman–Crippen MR) is 168 cm³/mol. The van der Waals surface area contributed by atoms with E-state index >= 15 is 0 Å². The average molecular weight is 598 g/mol.